The summed E-state index contributed by atoms with van der Waals surface area (Å²) in [5.74, 6) is 3.30. The lowest BCUT2D eigenvalue weighted by Gasteiger charge is -2.23. The minimum atomic E-state index is -0.813. The van der Waals surface area contributed by atoms with Crippen LogP contribution in [0.3, 0.4) is 0 Å². The highest BCUT2D eigenvalue weighted by atomic mass is 16.5. The van der Waals surface area contributed by atoms with E-state index in [0.29, 0.717) is 6.54 Å². The number of nitrogens with one attached hydrogen (secondary N) is 3. The van der Waals surface area contributed by atoms with Crippen LogP contribution in [0.5, 0.6) is 0 Å². The summed E-state index contributed by atoms with van der Waals surface area (Å²) in [5, 5.41) is 2.49. The van der Waals surface area contributed by atoms with E-state index in [9.17, 15) is 9.59 Å². The van der Waals surface area contributed by atoms with E-state index >= 15 is 0 Å². The predicted molar refractivity (Wildman–Crippen MR) is 51.7 cm³/mol. The zero-order valence-electron chi connectivity index (χ0n) is 8.54. The first kappa shape index (κ1) is 11.9. The maximum absolute atomic E-state index is 11.0. The van der Waals surface area contributed by atoms with Crippen LogP contribution in [0.25, 0.3) is 0 Å². The molecule has 7 nitrogen and oxygen atoms in total. The van der Waals surface area contributed by atoms with Crippen molar-refractivity contribution in [2.45, 2.75) is 0 Å². The van der Waals surface area contributed by atoms with E-state index in [1.165, 1.54) is 4.90 Å². The van der Waals surface area contributed by atoms with Crippen molar-refractivity contribution in [3.05, 3.63) is 0 Å². The van der Waals surface area contributed by atoms with Crippen LogP contribution < -0.4 is 21.5 Å². The van der Waals surface area contributed by atoms with Crippen molar-refractivity contribution in [1.29, 1.82) is 0 Å². The first-order chi connectivity index (χ1) is 7.24. The predicted octanol–water partition coefficient (Wildman–Crippen LogP) is -3.99. The molecule has 0 radical (unpaired) electrons. The summed E-state index contributed by atoms with van der Waals surface area (Å²) in [5.41, 5.74) is 1.78. The third kappa shape index (κ3) is 4.24. The van der Waals surface area contributed by atoms with Crippen molar-refractivity contribution in [3.63, 3.8) is 0 Å². The quantitative estimate of drug-likeness (QED) is 0.168. The van der Waals surface area contributed by atoms with E-state index in [-0.39, 0.29) is 0 Å². The second-order valence-electron chi connectivity index (χ2n) is 3.34. The number of nitrogens with two attached hydrogens (primary N) is 1. The standard InChI is InChI=1S/C8H16N4O3/c9-11-8(14)7(13)10-1-2-12-3-5-15-6-4-12/h1-6,9H2,(H,10,13)(H,11,14)/p+1. The fraction of sp³-hybridized carbons (Fsp3) is 0.750. The molecule has 0 aromatic heterocycles. The van der Waals surface area contributed by atoms with Crippen LogP contribution in [0.15, 0.2) is 0 Å². The number of ether oxygens (including phenoxy) is 1. The highest BCUT2D eigenvalue weighted by Crippen LogP contribution is 1.74. The second kappa shape index (κ2) is 6.33. The topological polar surface area (TPSA) is 97.9 Å². The number of hydrogen-bond acceptors (Lipinski definition) is 4. The monoisotopic (exact) mass is 217 g/mol. The lowest BCUT2D eigenvalue weighted by atomic mass is 10.4. The molecule has 0 saturated carbocycles. The largest absolute Gasteiger partial charge is 0.370 e. The maximum Gasteiger partial charge on any atom is 0.323 e. The van der Waals surface area contributed by atoms with Crippen LogP contribution in [0.2, 0.25) is 0 Å². The zero-order chi connectivity index (χ0) is 11.1. The van der Waals surface area contributed by atoms with Crippen molar-refractivity contribution in [1.82, 2.24) is 10.7 Å². The average molecular weight is 217 g/mol. The van der Waals surface area contributed by atoms with E-state index in [1.807, 2.05) is 0 Å². The number of rotatable bonds is 3. The normalized spacial score (nSPS) is 17.1. The van der Waals surface area contributed by atoms with Gasteiger partial charge in [0.2, 0.25) is 0 Å². The van der Waals surface area contributed by atoms with Crippen LogP contribution in [-0.2, 0) is 14.3 Å². The Morgan fingerprint density at radius 3 is 2.53 bits per heavy atom. The molecule has 1 heterocycles. The molecular weight excluding hydrogens is 200 g/mol. The molecule has 1 saturated heterocycles. The summed E-state index contributed by atoms with van der Waals surface area (Å²) >= 11 is 0. The zero-order valence-corrected chi connectivity index (χ0v) is 8.54. The molecule has 1 aliphatic heterocycles. The first-order valence-corrected chi connectivity index (χ1v) is 4.94. The highest BCUT2D eigenvalue weighted by Gasteiger charge is 2.15. The Hall–Kier alpha value is -1.18. The van der Waals surface area contributed by atoms with Gasteiger partial charge in [0.1, 0.15) is 13.1 Å². The number of amides is 2. The summed E-state index contributed by atoms with van der Waals surface area (Å²) in [4.78, 5) is 23.1. The van der Waals surface area contributed by atoms with Gasteiger partial charge in [0.05, 0.1) is 26.3 Å². The summed E-state index contributed by atoms with van der Waals surface area (Å²) in [6, 6.07) is 0. The van der Waals surface area contributed by atoms with E-state index in [2.05, 4.69) is 5.32 Å². The van der Waals surface area contributed by atoms with Gasteiger partial charge in [-0.3, -0.25) is 15.0 Å². The molecule has 5 N–H and O–H groups in total. The summed E-state index contributed by atoms with van der Waals surface area (Å²) in [6.45, 7) is 4.67. The van der Waals surface area contributed by atoms with Gasteiger partial charge in [0, 0.05) is 0 Å². The molecule has 0 unspecified atom stereocenters. The summed E-state index contributed by atoms with van der Waals surface area (Å²) in [7, 11) is 0. The Morgan fingerprint density at radius 2 is 1.93 bits per heavy atom. The number of carbonyl (C=O) groups is 2. The fourth-order valence-corrected chi connectivity index (χ4v) is 1.41. The highest BCUT2D eigenvalue weighted by molar-refractivity contribution is 6.34. The fourth-order valence-electron chi connectivity index (χ4n) is 1.41. The lowest BCUT2D eigenvalue weighted by Crippen LogP contribution is -3.14. The number of hydrogen-bond donors (Lipinski definition) is 4. The van der Waals surface area contributed by atoms with Crippen molar-refractivity contribution in [2.24, 2.45) is 5.84 Å². The molecule has 0 spiro atoms. The Bertz CT molecular complexity index is 228. The van der Waals surface area contributed by atoms with Gasteiger partial charge in [0.15, 0.2) is 0 Å². The number of quaternary nitrogens is 1. The average Bonchev–Trinajstić information content (AvgIpc) is 2.29. The molecule has 0 aliphatic carbocycles. The van der Waals surface area contributed by atoms with Crippen LogP contribution >= 0.6 is 0 Å². The van der Waals surface area contributed by atoms with Gasteiger partial charge in [-0.1, -0.05) is 0 Å². The number of hydrazine groups is 1. The van der Waals surface area contributed by atoms with Crippen LogP contribution in [0.4, 0.5) is 0 Å². The molecule has 0 bridgehead atoms. The minimum absolute atomic E-state index is 0.474. The van der Waals surface area contributed by atoms with Gasteiger partial charge < -0.3 is 15.0 Å². The van der Waals surface area contributed by atoms with Crippen LogP contribution in [-0.4, -0.2) is 51.2 Å². The Morgan fingerprint density at radius 1 is 1.27 bits per heavy atom. The third-order valence-corrected chi connectivity index (χ3v) is 2.30. The third-order valence-electron chi connectivity index (χ3n) is 2.30. The van der Waals surface area contributed by atoms with Gasteiger partial charge >= 0.3 is 11.8 Å². The number of morpholine rings is 1. The molecular formula is C8H17N4O3+. The van der Waals surface area contributed by atoms with Gasteiger partial charge in [-0.25, -0.2) is 5.84 Å². The maximum atomic E-state index is 11.0. The second-order valence-corrected chi connectivity index (χ2v) is 3.34. The summed E-state index contributed by atoms with van der Waals surface area (Å²) < 4.78 is 5.19. The van der Waals surface area contributed by atoms with E-state index < -0.39 is 11.8 Å². The Balaban J connectivity index is 2.09. The van der Waals surface area contributed by atoms with E-state index in [4.69, 9.17) is 10.6 Å². The van der Waals surface area contributed by atoms with Crippen molar-refractivity contribution >= 4 is 11.8 Å². The van der Waals surface area contributed by atoms with Gasteiger partial charge in [-0.15, -0.1) is 0 Å². The minimum Gasteiger partial charge on any atom is -0.370 e. The lowest BCUT2D eigenvalue weighted by molar-refractivity contribution is -0.906. The molecule has 1 aliphatic rings. The summed E-state index contributed by atoms with van der Waals surface area (Å²) in [6.07, 6.45) is 0. The Labute approximate surface area is 87.9 Å². The number of carbonyl (C=O) groups excluding carboxylic acids is 2. The molecule has 2 amide bonds. The molecule has 0 aromatic carbocycles. The van der Waals surface area contributed by atoms with Crippen molar-refractivity contribution < 1.29 is 19.2 Å². The smallest absolute Gasteiger partial charge is 0.323 e. The molecule has 0 aromatic rings. The van der Waals surface area contributed by atoms with Crippen LogP contribution in [0.1, 0.15) is 0 Å². The van der Waals surface area contributed by atoms with E-state index in [1.54, 1.807) is 5.43 Å². The molecule has 86 valence electrons. The molecule has 1 rings (SSSR count). The molecule has 1 fully saturated rings. The van der Waals surface area contributed by atoms with E-state index in [0.717, 1.165) is 32.8 Å². The first-order valence-electron chi connectivity index (χ1n) is 4.94. The molecule has 7 heteroatoms. The van der Waals surface area contributed by atoms with Gasteiger partial charge in [-0.2, -0.15) is 0 Å². The van der Waals surface area contributed by atoms with Crippen LogP contribution in [0, 0.1) is 0 Å². The molecule has 15 heavy (non-hydrogen) atoms. The van der Waals surface area contributed by atoms with Crippen molar-refractivity contribution in [2.75, 3.05) is 39.4 Å². The SMILES string of the molecule is NNC(=O)C(=O)NCC[NH+]1CCOCC1. The van der Waals surface area contributed by atoms with Gasteiger partial charge in [-0.05, 0) is 0 Å². The Kier molecular flexibility index (Phi) is 5.02. The van der Waals surface area contributed by atoms with Gasteiger partial charge in [0.25, 0.3) is 0 Å². The van der Waals surface area contributed by atoms with Crippen molar-refractivity contribution in [3.8, 4) is 0 Å². The molecule has 0 atom stereocenters.